The van der Waals surface area contributed by atoms with Crippen LogP contribution in [0.4, 0.5) is 0 Å². The number of unbranched alkanes of at least 4 members (excludes halogenated alkanes) is 5. The molecule has 0 aliphatic heterocycles. The molecular formula is C11H20Br2O2. The summed E-state index contributed by atoms with van der Waals surface area (Å²) in [6.45, 7) is 2.21. The zero-order valence-electron chi connectivity index (χ0n) is 9.52. The molecular weight excluding hydrogens is 324 g/mol. The molecule has 4 heteroatoms. The molecule has 0 N–H and O–H groups in total. The molecule has 0 aromatic rings. The van der Waals surface area contributed by atoms with Crippen molar-refractivity contribution in [3.63, 3.8) is 0 Å². The topological polar surface area (TPSA) is 26.3 Å². The van der Waals surface area contributed by atoms with Crippen molar-refractivity contribution < 1.29 is 9.53 Å². The molecule has 0 aliphatic rings. The van der Waals surface area contributed by atoms with Crippen molar-refractivity contribution in [1.82, 2.24) is 0 Å². The van der Waals surface area contributed by atoms with Gasteiger partial charge in [0.25, 0.3) is 0 Å². The predicted octanol–water partition coefficient (Wildman–Crippen LogP) is 4.40. The average Bonchev–Trinajstić information content (AvgIpc) is 2.22. The quantitative estimate of drug-likeness (QED) is 0.371. The molecule has 0 amide bonds. The van der Waals surface area contributed by atoms with Crippen LogP contribution in [0, 0.1) is 0 Å². The number of carbonyl (C=O) groups is 1. The van der Waals surface area contributed by atoms with Crippen LogP contribution in [0.5, 0.6) is 0 Å². The Kier molecular flexibility index (Phi) is 8.81. The predicted molar refractivity (Wildman–Crippen MR) is 70.6 cm³/mol. The lowest BCUT2D eigenvalue weighted by Crippen LogP contribution is -2.25. The standard InChI is InChI=1S/C11H20Br2O2/c1-3-4-5-6-7-8-9-11(12,13)10(14)15-2/h3-9H2,1-2H3. The number of halogens is 2. The van der Waals surface area contributed by atoms with E-state index in [0.717, 1.165) is 12.8 Å². The lowest BCUT2D eigenvalue weighted by molar-refractivity contribution is -0.140. The van der Waals surface area contributed by atoms with E-state index in [2.05, 4.69) is 43.5 Å². The van der Waals surface area contributed by atoms with E-state index in [1.807, 2.05) is 0 Å². The SMILES string of the molecule is CCCCCCCCC(Br)(Br)C(=O)OC. The fourth-order valence-corrected chi connectivity index (χ4v) is 2.26. The summed E-state index contributed by atoms with van der Waals surface area (Å²) in [7, 11) is 1.40. The second-order valence-corrected chi connectivity index (χ2v) is 7.49. The summed E-state index contributed by atoms with van der Waals surface area (Å²) < 4.78 is 4.00. The summed E-state index contributed by atoms with van der Waals surface area (Å²) in [5, 5.41) is 0. The van der Waals surface area contributed by atoms with Crippen molar-refractivity contribution in [2.75, 3.05) is 7.11 Å². The van der Waals surface area contributed by atoms with E-state index in [1.54, 1.807) is 0 Å². The van der Waals surface area contributed by atoms with Gasteiger partial charge in [-0.1, -0.05) is 77.3 Å². The number of ether oxygens (including phenoxy) is 1. The highest BCUT2D eigenvalue weighted by atomic mass is 79.9. The number of rotatable bonds is 8. The minimum atomic E-state index is -0.681. The maximum atomic E-state index is 11.3. The van der Waals surface area contributed by atoms with Crippen LogP contribution in [0.1, 0.15) is 51.9 Å². The van der Waals surface area contributed by atoms with E-state index in [0.29, 0.717) is 0 Å². The second-order valence-electron chi connectivity index (χ2n) is 3.71. The highest BCUT2D eigenvalue weighted by Gasteiger charge is 2.32. The summed E-state index contributed by atoms with van der Waals surface area (Å²) in [4.78, 5) is 11.3. The number of alkyl halides is 2. The lowest BCUT2D eigenvalue weighted by atomic mass is 10.1. The van der Waals surface area contributed by atoms with Gasteiger partial charge in [-0.25, -0.2) is 4.79 Å². The van der Waals surface area contributed by atoms with Gasteiger partial charge >= 0.3 is 5.97 Å². The zero-order valence-corrected chi connectivity index (χ0v) is 12.7. The molecule has 0 fully saturated rings. The van der Waals surface area contributed by atoms with Gasteiger partial charge in [0, 0.05) is 0 Å². The van der Waals surface area contributed by atoms with Crippen LogP contribution in [0.3, 0.4) is 0 Å². The Morgan fingerprint density at radius 1 is 1.13 bits per heavy atom. The number of methoxy groups -OCH3 is 1. The number of esters is 1. The Bertz CT molecular complexity index is 181. The monoisotopic (exact) mass is 342 g/mol. The smallest absolute Gasteiger partial charge is 0.333 e. The summed E-state index contributed by atoms with van der Waals surface area (Å²) >= 11 is 6.67. The molecule has 90 valence electrons. The van der Waals surface area contributed by atoms with Crippen molar-refractivity contribution in [3.05, 3.63) is 0 Å². The molecule has 0 saturated carbocycles. The fourth-order valence-electron chi connectivity index (χ4n) is 1.38. The van der Waals surface area contributed by atoms with Gasteiger partial charge in [-0.15, -0.1) is 0 Å². The van der Waals surface area contributed by atoms with Crippen LogP contribution in [0.15, 0.2) is 0 Å². The van der Waals surface area contributed by atoms with Crippen LogP contribution in [-0.4, -0.2) is 16.3 Å². The van der Waals surface area contributed by atoms with Gasteiger partial charge in [0.05, 0.1) is 7.11 Å². The van der Waals surface area contributed by atoms with Gasteiger partial charge in [-0.3, -0.25) is 0 Å². The largest absolute Gasteiger partial charge is 0.467 e. The van der Waals surface area contributed by atoms with Gasteiger partial charge in [0.1, 0.15) is 0 Å². The van der Waals surface area contributed by atoms with Gasteiger partial charge < -0.3 is 4.74 Å². The number of carbonyl (C=O) groups excluding carboxylic acids is 1. The van der Waals surface area contributed by atoms with E-state index in [1.165, 1.54) is 39.2 Å². The van der Waals surface area contributed by atoms with Crippen LogP contribution in [0.2, 0.25) is 0 Å². The number of hydrogen-bond donors (Lipinski definition) is 0. The third-order valence-corrected chi connectivity index (χ3v) is 3.77. The second kappa shape index (κ2) is 8.57. The van der Waals surface area contributed by atoms with Gasteiger partial charge in [-0.05, 0) is 6.42 Å². The Morgan fingerprint density at radius 3 is 2.20 bits per heavy atom. The van der Waals surface area contributed by atoms with Gasteiger partial charge in [0.2, 0.25) is 0 Å². The maximum absolute atomic E-state index is 11.3. The van der Waals surface area contributed by atoms with Crippen LogP contribution in [-0.2, 0) is 9.53 Å². The van der Waals surface area contributed by atoms with Crippen LogP contribution >= 0.6 is 31.9 Å². The highest BCUT2D eigenvalue weighted by Crippen LogP contribution is 2.33. The molecule has 0 aromatic heterocycles. The third-order valence-electron chi connectivity index (χ3n) is 2.33. The van der Waals surface area contributed by atoms with Gasteiger partial charge in [-0.2, -0.15) is 0 Å². The van der Waals surface area contributed by atoms with Crippen molar-refractivity contribution in [1.29, 1.82) is 0 Å². The Morgan fingerprint density at radius 2 is 1.67 bits per heavy atom. The third kappa shape index (κ3) is 7.34. The molecule has 0 bridgehead atoms. The van der Waals surface area contributed by atoms with E-state index in [9.17, 15) is 4.79 Å². The molecule has 0 saturated heterocycles. The minimum Gasteiger partial charge on any atom is -0.467 e. The first-order valence-corrected chi connectivity index (χ1v) is 7.09. The van der Waals surface area contributed by atoms with Crippen molar-refractivity contribution in [2.45, 2.75) is 55.1 Å². The van der Waals surface area contributed by atoms with E-state index < -0.39 is 3.23 Å². The average molecular weight is 344 g/mol. The highest BCUT2D eigenvalue weighted by molar-refractivity contribution is 9.25. The molecule has 0 heterocycles. The van der Waals surface area contributed by atoms with Crippen molar-refractivity contribution in [2.24, 2.45) is 0 Å². The molecule has 0 aliphatic carbocycles. The maximum Gasteiger partial charge on any atom is 0.333 e. The summed E-state index contributed by atoms with van der Waals surface area (Å²) in [5.41, 5.74) is 0. The van der Waals surface area contributed by atoms with Crippen LogP contribution < -0.4 is 0 Å². The fraction of sp³-hybridized carbons (Fsp3) is 0.909. The molecule has 0 aromatic carbocycles. The van der Waals surface area contributed by atoms with E-state index in [4.69, 9.17) is 0 Å². The van der Waals surface area contributed by atoms with E-state index >= 15 is 0 Å². The van der Waals surface area contributed by atoms with E-state index in [-0.39, 0.29) is 5.97 Å². The lowest BCUT2D eigenvalue weighted by Gasteiger charge is -2.16. The Hall–Kier alpha value is 0.430. The zero-order chi connectivity index (χ0) is 11.7. The first-order valence-electron chi connectivity index (χ1n) is 5.51. The number of hydrogen-bond acceptors (Lipinski definition) is 2. The molecule has 0 radical (unpaired) electrons. The molecule has 0 rings (SSSR count). The summed E-state index contributed by atoms with van der Waals surface area (Å²) in [6, 6.07) is 0. The van der Waals surface area contributed by atoms with Gasteiger partial charge in [0.15, 0.2) is 3.23 Å². The Balaban J connectivity index is 3.53. The Labute approximate surface area is 109 Å². The normalized spacial score (nSPS) is 11.5. The molecule has 0 atom stereocenters. The first-order chi connectivity index (χ1) is 7.04. The molecule has 0 unspecified atom stereocenters. The van der Waals surface area contributed by atoms with Crippen molar-refractivity contribution in [3.8, 4) is 0 Å². The molecule has 2 nitrogen and oxygen atoms in total. The molecule has 15 heavy (non-hydrogen) atoms. The first kappa shape index (κ1) is 15.4. The molecule has 0 spiro atoms. The van der Waals surface area contributed by atoms with Crippen molar-refractivity contribution >= 4 is 37.8 Å². The summed E-state index contributed by atoms with van der Waals surface area (Å²) in [6.07, 6.45) is 8.11. The van der Waals surface area contributed by atoms with Crippen LogP contribution in [0.25, 0.3) is 0 Å². The minimum absolute atomic E-state index is 0.254. The summed E-state index contributed by atoms with van der Waals surface area (Å²) in [5.74, 6) is -0.254.